The minimum Gasteiger partial charge on any atom is -0.409 e. The van der Waals surface area contributed by atoms with Crippen molar-refractivity contribution in [3.8, 4) is 0 Å². The van der Waals surface area contributed by atoms with Crippen LogP contribution in [0.4, 0.5) is 0 Å². The van der Waals surface area contributed by atoms with E-state index in [0.29, 0.717) is 32.5 Å². The highest BCUT2D eigenvalue weighted by atomic mass is 16.5. The number of carbonyl (C=O) groups excluding carboxylic acids is 1. The van der Waals surface area contributed by atoms with Gasteiger partial charge in [-0.15, -0.1) is 0 Å². The summed E-state index contributed by atoms with van der Waals surface area (Å²) < 4.78 is 10.4. The molecule has 18 heavy (non-hydrogen) atoms. The van der Waals surface area contributed by atoms with Gasteiger partial charge in [-0.25, -0.2) is 0 Å². The molecule has 2 unspecified atom stereocenters. The van der Waals surface area contributed by atoms with Gasteiger partial charge in [0.2, 0.25) is 5.91 Å². The quantitative estimate of drug-likeness (QED) is 0.308. The number of carbonyl (C=O) groups is 1. The van der Waals surface area contributed by atoms with E-state index in [-0.39, 0.29) is 17.8 Å². The molecule has 1 fully saturated rings. The van der Waals surface area contributed by atoms with E-state index in [0.717, 1.165) is 0 Å². The predicted octanol–water partition coefficient (Wildman–Crippen LogP) is -0.225. The van der Waals surface area contributed by atoms with Crippen LogP contribution in [-0.2, 0) is 14.3 Å². The number of amidine groups is 1. The van der Waals surface area contributed by atoms with Crippen molar-refractivity contribution in [3.05, 3.63) is 0 Å². The second kappa shape index (κ2) is 7.17. The summed E-state index contributed by atoms with van der Waals surface area (Å²) in [6.45, 7) is 3.18. The topological polar surface area (TPSA) is 97.4 Å². The van der Waals surface area contributed by atoms with Crippen LogP contribution in [0.15, 0.2) is 5.16 Å². The Labute approximate surface area is 107 Å². The maximum absolute atomic E-state index is 11.9. The van der Waals surface area contributed by atoms with Crippen LogP contribution in [0, 0.1) is 0 Å². The Balaban J connectivity index is 2.43. The fraction of sp³-hybridized carbons (Fsp3) is 0.818. The van der Waals surface area contributed by atoms with E-state index in [2.05, 4.69) is 5.16 Å². The number of methoxy groups -OCH3 is 1. The fourth-order valence-electron chi connectivity index (χ4n) is 1.72. The second-order valence-electron chi connectivity index (χ2n) is 4.31. The minimum absolute atomic E-state index is 0.00207. The molecule has 0 spiro atoms. The predicted molar refractivity (Wildman–Crippen MR) is 65.4 cm³/mol. The minimum atomic E-state index is -0.521. The van der Waals surface area contributed by atoms with Crippen LogP contribution in [0.5, 0.6) is 0 Å². The lowest BCUT2D eigenvalue weighted by molar-refractivity contribution is -0.137. The summed E-state index contributed by atoms with van der Waals surface area (Å²) in [5.74, 6) is 0.0377. The summed E-state index contributed by atoms with van der Waals surface area (Å²) in [7, 11) is 1.62. The molecule has 7 heteroatoms. The van der Waals surface area contributed by atoms with Crippen LogP contribution in [0.1, 0.15) is 19.8 Å². The zero-order valence-electron chi connectivity index (χ0n) is 10.8. The first-order valence-electron chi connectivity index (χ1n) is 5.98. The molecule has 0 aromatic rings. The molecule has 0 bridgehead atoms. The average molecular weight is 259 g/mol. The van der Waals surface area contributed by atoms with Crippen molar-refractivity contribution in [3.63, 3.8) is 0 Å². The van der Waals surface area contributed by atoms with Crippen LogP contribution in [-0.4, -0.2) is 60.9 Å². The van der Waals surface area contributed by atoms with Crippen molar-refractivity contribution >= 4 is 11.7 Å². The van der Waals surface area contributed by atoms with Gasteiger partial charge in [-0.05, 0) is 13.3 Å². The fourth-order valence-corrected chi connectivity index (χ4v) is 1.72. The van der Waals surface area contributed by atoms with E-state index < -0.39 is 6.10 Å². The molecule has 0 aromatic carbocycles. The first-order valence-corrected chi connectivity index (χ1v) is 5.98. The monoisotopic (exact) mass is 259 g/mol. The maximum Gasteiger partial charge on any atom is 0.222 e. The van der Waals surface area contributed by atoms with Gasteiger partial charge in [0.1, 0.15) is 6.10 Å². The normalized spacial score (nSPS) is 22.9. The van der Waals surface area contributed by atoms with Crippen LogP contribution in [0.25, 0.3) is 0 Å². The van der Waals surface area contributed by atoms with Crippen LogP contribution in [0.2, 0.25) is 0 Å². The third-order valence-corrected chi connectivity index (χ3v) is 3.03. The molecule has 0 aliphatic carbocycles. The highest BCUT2D eigenvalue weighted by Crippen LogP contribution is 2.09. The lowest BCUT2D eigenvalue weighted by atomic mass is 10.1. The number of oxime groups is 1. The van der Waals surface area contributed by atoms with Crippen molar-refractivity contribution in [2.75, 3.05) is 26.8 Å². The smallest absolute Gasteiger partial charge is 0.222 e. The second-order valence-corrected chi connectivity index (χ2v) is 4.31. The molecular formula is C11H21N3O4. The zero-order chi connectivity index (χ0) is 13.5. The summed E-state index contributed by atoms with van der Waals surface area (Å²) in [6.07, 6.45) is 0.654. The summed E-state index contributed by atoms with van der Waals surface area (Å²) in [6, 6.07) is 0. The Hall–Kier alpha value is -1.34. The van der Waals surface area contributed by atoms with E-state index in [1.165, 1.54) is 0 Å². The largest absolute Gasteiger partial charge is 0.409 e. The van der Waals surface area contributed by atoms with Gasteiger partial charge >= 0.3 is 0 Å². The molecule has 1 aliphatic rings. The summed E-state index contributed by atoms with van der Waals surface area (Å²) in [5.41, 5.74) is 5.47. The summed E-state index contributed by atoms with van der Waals surface area (Å²) in [4.78, 5) is 13.6. The third kappa shape index (κ3) is 4.15. The molecule has 104 valence electrons. The number of nitrogens with zero attached hydrogens (tertiary/aromatic N) is 2. The summed E-state index contributed by atoms with van der Waals surface area (Å²) >= 11 is 0. The van der Waals surface area contributed by atoms with Gasteiger partial charge in [0.25, 0.3) is 0 Å². The average Bonchev–Trinajstić information content (AvgIpc) is 2.43. The van der Waals surface area contributed by atoms with Crippen LogP contribution >= 0.6 is 0 Å². The number of nitrogens with two attached hydrogens (primary N) is 1. The molecule has 0 aromatic heterocycles. The first kappa shape index (κ1) is 14.7. The zero-order valence-corrected chi connectivity index (χ0v) is 10.8. The van der Waals surface area contributed by atoms with E-state index in [9.17, 15) is 4.79 Å². The Kier molecular flexibility index (Phi) is 5.87. The van der Waals surface area contributed by atoms with Gasteiger partial charge in [0, 0.05) is 20.1 Å². The van der Waals surface area contributed by atoms with E-state index in [1.807, 2.05) is 6.92 Å². The molecule has 1 rings (SSSR count). The van der Waals surface area contributed by atoms with Gasteiger partial charge in [0.15, 0.2) is 5.84 Å². The van der Waals surface area contributed by atoms with E-state index >= 15 is 0 Å². The standard InChI is InChI=1S/C11H21N3O4/c1-8(17-2)3-4-10(15)14-5-6-18-9(7-14)11(12)13-16/h8-9,16H,3-7H2,1-2H3,(H2,12,13). The van der Waals surface area contributed by atoms with Gasteiger partial charge in [0.05, 0.1) is 19.3 Å². The van der Waals surface area contributed by atoms with E-state index in [1.54, 1.807) is 12.0 Å². The SMILES string of the molecule is COC(C)CCC(=O)N1CCOC(C(N)=NO)C1. The first-order chi connectivity index (χ1) is 8.58. The lowest BCUT2D eigenvalue weighted by Crippen LogP contribution is -2.50. The number of ether oxygens (including phenoxy) is 2. The highest BCUT2D eigenvalue weighted by Gasteiger charge is 2.26. The van der Waals surface area contributed by atoms with Gasteiger partial charge in [-0.3, -0.25) is 4.79 Å². The molecule has 1 heterocycles. The number of hydrogen-bond acceptors (Lipinski definition) is 5. The Morgan fingerprint density at radius 2 is 2.44 bits per heavy atom. The number of hydrogen-bond donors (Lipinski definition) is 2. The third-order valence-electron chi connectivity index (χ3n) is 3.03. The van der Waals surface area contributed by atoms with Gasteiger partial charge in [-0.2, -0.15) is 0 Å². The highest BCUT2D eigenvalue weighted by molar-refractivity contribution is 5.85. The molecule has 0 saturated carbocycles. The van der Waals surface area contributed by atoms with Crippen LogP contribution < -0.4 is 5.73 Å². The number of morpholine rings is 1. The molecule has 2 atom stereocenters. The van der Waals surface area contributed by atoms with E-state index in [4.69, 9.17) is 20.4 Å². The Bertz CT molecular complexity index is 309. The van der Waals surface area contributed by atoms with Crippen molar-refractivity contribution in [2.24, 2.45) is 10.9 Å². The van der Waals surface area contributed by atoms with Crippen molar-refractivity contribution < 1.29 is 19.5 Å². The maximum atomic E-state index is 11.9. The van der Waals surface area contributed by atoms with Crippen LogP contribution in [0.3, 0.4) is 0 Å². The van der Waals surface area contributed by atoms with Crippen molar-refractivity contribution in [1.82, 2.24) is 4.90 Å². The molecule has 0 radical (unpaired) electrons. The molecule has 1 aliphatic heterocycles. The summed E-state index contributed by atoms with van der Waals surface area (Å²) in [5, 5.41) is 11.5. The number of rotatable bonds is 5. The Morgan fingerprint density at radius 1 is 1.72 bits per heavy atom. The Morgan fingerprint density at radius 3 is 3.06 bits per heavy atom. The molecular weight excluding hydrogens is 238 g/mol. The van der Waals surface area contributed by atoms with Crippen molar-refractivity contribution in [1.29, 1.82) is 0 Å². The molecule has 7 nitrogen and oxygen atoms in total. The van der Waals surface area contributed by atoms with Gasteiger partial charge < -0.3 is 25.3 Å². The molecule has 1 saturated heterocycles. The lowest BCUT2D eigenvalue weighted by Gasteiger charge is -2.32. The number of amides is 1. The van der Waals surface area contributed by atoms with Gasteiger partial charge in [-0.1, -0.05) is 5.16 Å². The molecule has 3 N–H and O–H groups in total. The van der Waals surface area contributed by atoms with Crippen molar-refractivity contribution in [2.45, 2.75) is 32.0 Å². The molecule has 1 amide bonds.